The summed E-state index contributed by atoms with van der Waals surface area (Å²) in [6, 6.07) is 14.6. The van der Waals surface area contributed by atoms with Gasteiger partial charge in [-0.25, -0.2) is 12.7 Å². The summed E-state index contributed by atoms with van der Waals surface area (Å²) in [7, 11) is 1.12. The highest BCUT2D eigenvalue weighted by atomic mass is 32.2. The number of nitrogens with zero attached hydrogens (tertiary/aromatic N) is 2. The summed E-state index contributed by atoms with van der Waals surface area (Å²) in [4.78, 5) is 14.8. The van der Waals surface area contributed by atoms with Crippen molar-refractivity contribution in [1.82, 2.24) is 9.21 Å². The Hall–Kier alpha value is -2.42. The van der Waals surface area contributed by atoms with Crippen LogP contribution in [0.15, 0.2) is 53.4 Å². The first-order valence-electron chi connectivity index (χ1n) is 11.0. The highest BCUT2D eigenvalue weighted by molar-refractivity contribution is 7.89. The summed E-state index contributed by atoms with van der Waals surface area (Å²) in [6.45, 7) is 2.11. The molecular formula is C24H33N3O4S. The molecule has 1 aliphatic heterocycles. The van der Waals surface area contributed by atoms with Crippen LogP contribution >= 0.6 is 0 Å². The van der Waals surface area contributed by atoms with Gasteiger partial charge in [-0.2, -0.15) is 0 Å². The Labute approximate surface area is 191 Å². The first-order valence-corrected chi connectivity index (χ1v) is 12.4. The quantitative estimate of drug-likeness (QED) is 0.623. The fourth-order valence-electron chi connectivity index (χ4n) is 3.94. The van der Waals surface area contributed by atoms with Gasteiger partial charge in [-0.05, 0) is 80.6 Å². The maximum Gasteiger partial charge on any atom is 0.242 e. The number of hydrogen-bond acceptors (Lipinski definition) is 5. The number of nitrogens with one attached hydrogen (secondary N) is 1. The number of rotatable bonds is 9. The number of likely N-dealkylation sites (tertiary alicyclic amines) is 1. The van der Waals surface area contributed by atoms with Crippen LogP contribution in [-0.2, 0) is 21.2 Å². The van der Waals surface area contributed by atoms with Crippen LogP contribution in [0.5, 0.6) is 5.75 Å². The van der Waals surface area contributed by atoms with E-state index in [0.717, 1.165) is 48.8 Å². The fourth-order valence-corrected chi connectivity index (χ4v) is 4.89. The van der Waals surface area contributed by atoms with E-state index in [1.165, 1.54) is 31.8 Å². The summed E-state index contributed by atoms with van der Waals surface area (Å²) >= 11 is 0. The number of carbonyl (C=O) groups is 1. The molecule has 0 saturated carbocycles. The second-order valence-corrected chi connectivity index (χ2v) is 10.6. The van der Waals surface area contributed by atoms with E-state index in [0.29, 0.717) is 18.2 Å². The zero-order valence-corrected chi connectivity index (χ0v) is 19.9. The average molecular weight is 460 g/mol. The molecule has 3 rings (SSSR count). The standard InChI is InChI=1S/C24H33N3O4S/c1-26(2)32(29,30)23-6-4-5-21(17-23)25-24(28)18-27-15-13-20(14-16-27)8-7-19-9-11-22(31-3)12-10-19/h4-6,9-12,17,20H,7-8,13-16,18H2,1-3H3,(H,25,28). The average Bonchev–Trinajstić information content (AvgIpc) is 2.79. The SMILES string of the molecule is COc1ccc(CCC2CCN(CC(=O)Nc3cccc(S(=O)(=O)N(C)C)c3)CC2)cc1. The maximum absolute atomic E-state index is 12.5. The van der Waals surface area contributed by atoms with Gasteiger partial charge in [0, 0.05) is 19.8 Å². The molecule has 8 heteroatoms. The van der Waals surface area contributed by atoms with Gasteiger partial charge >= 0.3 is 0 Å². The Bertz CT molecular complexity index is 998. The molecule has 0 spiro atoms. The number of sulfonamides is 1. The smallest absolute Gasteiger partial charge is 0.242 e. The van der Waals surface area contributed by atoms with Gasteiger partial charge in [0.1, 0.15) is 5.75 Å². The lowest BCUT2D eigenvalue weighted by Crippen LogP contribution is -2.39. The number of amides is 1. The highest BCUT2D eigenvalue weighted by Crippen LogP contribution is 2.23. The van der Waals surface area contributed by atoms with Crippen molar-refractivity contribution in [2.45, 2.75) is 30.6 Å². The number of anilines is 1. The molecule has 174 valence electrons. The van der Waals surface area contributed by atoms with Crippen molar-refractivity contribution < 1.29 is 17.9 Å². The normalized spacial score (nSPS) is 15.6. The summed E-state index contributed by atoms with van der Waals surface area (Å²) < 4.78 is 30.9. The van der Waals surface area contributed by atoms with Crippen LogP contribution in [-0.4, -0.2) is 64.4 Å². The molecule has 0 aromatic heterocycles. The zero-order valence-electron chi connectivity index (χ0n) is 19.1. The van der Waals surface area contributed by atoms with Gasteiger partial charge < -0.3 is 10.1 Å². The maximum atomic E-state index is 12.5. The molecule has 0 atom stereocenters. The Morgan fingerprint density at radius 2 is 1.81 bits per heavy atom. The molecule has 0 unspecified atom stereocenters. The van der Waals surface area contributed by atoms with Crippen molar-refractivity contribution in [3.63, 3.8) is 0 Å². The number of aryl methyl sites for hydroxylation is 1. The second kappa shape index (κ2) is 10.9. The molecular weight excluding hydrogens is 426 g/mol. The van der Waals surface area contributed by atoms with E-state index < -0.39 is 10.0 Å². The van der Waals surface area contributed by atoms with Crippen molar-refractivity contribution in [1.29, 1.82) is 0 Å². The molecule has 2 aromatic carbocycles. The van der Waals surface area contributed by atoms with Crippen LogP contribution in [0, 0.1) is 5.92 Å². The number of benzene rings is 2. The van der Waals surface area contributed by atoms with Crippen molar-refractivity contribution in [3.8, 4) is 5.75 Å². The Morgan fingerprint density at radius 3 is 2.44 bits per heavy atom. The summed E-state index contributed by atoms with van der Waals surface area (Å²) in [5.41, 5.74) is 1.82. The molecule has 1 N–H and O–H groups in total. The third-order valence-corrected chi connectivity index (χ3v) is 7.78. The van der Waals surface area contributed by atoms with Crippen molar-refractivity contribution in [2.24, 2.45) is 5.92 Å². The van der Waals surface area contributed by atoms with Gasteiger partial charge in [0.05, 0.1) is 18.6 Å². The highest BCUT2D eigenvalue weighted by Gasteiger charge is 2.21. The fraction of sp³-hybridized carbons (Fsp3) is 0.458. The number of hydrogen-bond donors (Lipinski definition) is 1. The second-order valence-electron chi connectivity index (χ2n) is 8.47. The third kappa shape index (κ3) is 6.54. The van der Waals surface area contributed by atoms with Crippen LogP contribution in [0.3, 0.4) is 0 Å². The molecule has 1 heterocycles. The van der Waals surface area contributed by atoms with Gasteiger partial charge in [0.25, 0.3) is 0 Å². The molecule has 1 saturated heterocycles. The monoisotopic (exact) mass is 459 g/mol. The van der Waals surface area contributed by atoms with Gasteiger partial charge in [-0.15, -0.1) is 0 Å². The first-order chi connectivity index (χ1) is 15.3. The molecule has 7 nitrogen and oxygen atoms in total. The molecule has 0 bridgehead atoms. The Kier molecular flexibility index (Phi) is 8.28. The topological polar surface area (TPSA) is 79.0 Å². The molecule has 0 aliphatic carbocycles. The van der Waals surface area contributed by atoms with E-state index >= 15 is 0 Å². The van der Waals surface area contributed by atoms with E-state index in [2.05, 4.69) is 22.3 Å². The Morgan fingerprint density at radius 1 is 1.12 bits per heavy atom. The van der Waals surface area contributed by atoms with Crippen LogP contribution in [0.1, 0.15) is 24.8 Å². The van der Waals surface area contributed by atoms with Gasteiger partial charge in [0.2, 0.25) is 15.9 Å². The van der Waals surface area contributed by atoms with Crippen LogP contribution in [0.2, 0.25) is 0 Å². The van der Waals surface area contributed by atoms with Crippen LogP contribution in [0.25, 0.3) is 0 Å². The third-order valence-electron chi connectivity index (χ3n) is 5.97. The zero-order chi connectivity index (χ0) is 23.1. The van der Waals surface area contributed by atoms with Gasteiger partial charge in [0.15, 0.2) is 0 Å². The minimum absolute atomic E-state index is 0.124. The van der Waals surface area contributed by atoms with E-state index in [-0.39, 0.29) is 10.8 Å². The molecule has 32 heavy (non-hydrogen) atoms. The van der Waals surface area contributed by atoms with E-state index in [1.807, 2.05) is 12.1 Å². The largest absolute Gasteiger partial charge is 0.497 e. The molecule has 0 radical (unpaired) electrons. The van der Waals surface area contributed by atoms with E-state index in [9.17, 15) is 13.2 Å². The van der Waals surface area contributed by atoms with Crippen LogP contribution < -0.4 is 10.1 Å². The summed E-state index contributed by atoms with van der Waals surface area (Å²) in [5, 5.41) is 2.83. The van der Waals surface area contributed by atoms with Crippen LogP contribution in [0.4, 0.5) is 5.69 Å². The minimum atomic E-state index is -3.53. The minimum Gasteiger partial charge on any atom is -0.497 e. The lowest BCUT2D eigenvalue weighted by atomic mass is 9.90. The molecule has 1 aliphatic rings. The number of ether oxygens (including phenoxy) is 1. The first kappa shape index (κ1) is 24.2. The predicted octanol–water partition coefficient (Wildman–Crippen LogP) is 3.23. The van der Waals surface area contributed by atoms with Crippen molar-refractivity contribution in [3.05, 3.63) is 54.1 Å². The molecule has 2 aromatic rings. The Balaban J connectivity index is 1.43. The summed E-state index contributed by atoms with van der Waals surface area (Å²) in [6.07, 6.45) is 4.38. The van der Waals surface area contributed by atoms with Crippen molar-refractivity contribution >= 4 is 21.6 Å². The van der Waals surface area contributed by atoms with Crippen molar-refractivity contribution in [2.75, 3.05) is 46.2 Å². The lowest BCUT2D eigenvalue weighted by Gasteiger charge is -2.31. The predicted molar refractivity (Wildman–Crippen MR) is 126 cm³/mol. The van der Waals surface area contributed by atoms with E-state index in [4.69, 9.17) is 4.74 Å². The molecule has 1 fully saturated rings. The van der Waals surface area contributed by atoms with E-state index in [1.54, 1.807) is 19.2 Å². The summed E-state index contributed by atoms with van der Waals surface area (Å²) in [5.74, 6) is 1.43. The number of methoxy groups -OCH3 is 1. The number of carbonyl (C=O) groups excluding carboxylic acids is 1. The number of piperidine rings is 1. The lowest BCUT2D eigenvalue weighted by molar-refractivity contribution is -0.117. The van der Waals surface area contributed by atoms with Gasteiger partial charge in [-0.3, -0.25) is 9.69 Å². The van der Waals surface area contributed by atoms with Gasteiger partial charge in [-0.1, -0.05) is 18.2 Å². The molecule has 1 amide bonds.